The molecule has 4 nitrogen and oxygen atoms in total. The van der Waals surface area contributed by atoms with E-state index in [1.54, 1.807) is 14.1 Å². The summed E-state index contributed by atoms with van der Waals surface area (Å²) in [6.45, 7) is 0. The van der Waals surface area contributed by atoms with Crippen molar-refractivity contribution in [2.75, 3.05) is 23.9 Å². The molecular weight excluding hydrogens is 252 g/mol. The SMILES string of the molecule is CN(C=O)c1ccccc1.CN(C=O)c1ccccc1. The largest absolute Gasteiger partial charge is 0.318 e. The molecule has 2 amide bonds. The van der Waals surface area contributed by atoms with Crippen LogP contribution in [0.25, 0.3) is 0 Å². The number of hydrogen-bond acceptors (Lipinski definition) is 2. The van der Waals surface area contributed by atoms with E-state index < -0.39 is 0 Å². The van der Waals surface area contributed by atoms with Crippen molar-refractivity contribution in [2.24, 2.45) is 0 Å². The topological polar surface area (TPSA) is 40.6 Å². The molecule has 0 fully saturated rings. The number of anilines is 2. The molecule has 20 heavy (non-hydrogen) atoms. The van der Waals surface area contributed by atoms with Crippen LogP contribution in [0.5, 0.6) is 0 Å². The van der Waals surface area contributed by atoms with Crippen molar-refractivity contribution < 1.29 is 9.59 Å². The zero-order chi connectivity index (χ0) is 14.8. The Hall–Kier alpha value is -2.62. The molecule has 4 heteroatoms. The molecule has 0 radical (unpaired) electrons. The lowest BCUT2D eigenvalue weighted by Crippen LogP contribution is -2.12. The fraction of sp³-hybridized carbons (Fsp3) is 0.125. The van der Waals surface area contributed by atoms with Gasteiger partial charge in [0.15, 0.2) is 0 Å². The third kappa shape index (κ3) is 4.94. The summed E-state index contributed by atoms with van der Waals surface area (Å²) in [6.07, 6.45) is 1.57. The molecule has 104 valence electrons. The van der Waals surface area contributed by atoms with Crippen molar-refractivity contribution in [1.29, 1.82) is 0 Å². The minimum atomic E-state index is 0.787. The minimum Gasteiger partial charge on any atom is -0.318 e. The van der Waals surface area contributed by atoms with Crippen LogP contribution in [0.2, 0.25) is 0 Å². The third-order valence-corrected chi connectivity index (χ3v) is 2.64. The van der Waals surface area contributed by atoms with Crippen molar-refractivity contribution in [2.45, 2.75) is 0 Å². The highest BCUT2D eigenvalue weighted by atomic mass is 16.1. The molecule has 0 atom stereocenters. The molecular formula is C16H18N2O2. The van der Waals surface area contributed by atoms with Crippen LogP contribution in [0.4, 0.5) is 11.4 Å². The Morgan fingerprint density at radius 3 is 1.20 bits per heavy atom. The van der Waals surface area contributed by atoms with E-state index in [0.29, 0.717) is 0 Å². The maximum absolute atomic E-state index is 10.2. The molecule has 2 rings (SSSR count). The fourth-order valence-electron chi connectivity index (χ4n) is 1.45. The van der Waals surface area contributed by atoms with Gasteiger partial charge in [0.25, 0.3) is 0 Å². The van der Waals surface area contributed by atoms with E-state index in [-0.39, 0.29) is 0 Å². The second kappa shape index (κ2) is 8.48. The average Bonchev–Trinajstić information content (AvgIpc) is 2.55. The zero-order valence-electron chi connectivity index (χ0n) is 11.6. The fourth-order valence-corrected chi connectivity index (χ4v) is 1.45. The quantitative estimate of drug-likeness (QED) is 0.801. The van der Waals surface area contributed by atoms with Crippen LogP contribution in [0.1, 0.15) is 0 Å². The number of rotatable bonds is 4. The molecule has 0 spiro atoms. The first-order chi connectivity index (χ1) is 9.69. The number of nitrogens with zero attached hydrogens (tertiary/aromatic N) is 2. The second-order valence-electron chi connectivity index (χ2n) is 4.10. The lowest BCUT2D eigenvalue weighted by Gasteiger charge is -2.08. The smallest absolute Gasteiger partial charge is 0.213 e. The van der Waals surface area contributed by atoms with Gasteiger partial charge in [-0.05, 0) is 24.3 Å². The van der Waals surface area contributed by atoms with Crippen molar-refractivity contribution in [3.05, 3.63) is 60.7 Å². The van der Waals surface area contributed by atoms with E-state index in [0.717, 1.165) is 24.2 Å². The highest BCUT2D eigenvalue weighted by Gasteiger charge is 1.94. The molecule has 2 aromatic rings. The van der Waals surface area contributed by atoms with Crippen molar-refractivity contribution in [3.63, 3.8) is 0 Å². The molecule has 0 saturated heterocycles. The Bertz CT molecular complexity index is 465. The minimum absolute atomic E-state index is 0.787. The van der Waals surface area contributed by atoms with Gasteiger partial charge in [0.05, 0.1) is 0 Å². The molecule has 0 unspecified atom stereocenters. The third-order valence-electron chi connectivity index (χ3n) is 2.64. The van der Waals surface area contributed by atoms with Crippen LogP contribution in [-0.2, 0) is 9.59 Å². The van der Waals surface area contributed by atoms with Gasteiger partial charge in [-0.3, -0.25) is 9.59 Å². The van der Waals surface area contributed by atoms with Crippen LogP contribution in [-0.4, -0.2) is 26.9 Å². The molecule has 0 aromatic heterocycles. The van der Waals surface area contributed by atoms with E-state index >= 15 is 0 Å². The molecule has 2 aromatic carbocycles. The summed E-state index contributed by atoms with van der Waals surface area (Å²) in [4.78, 5) is 23.5. The van der Waals surface area contributed by atoms with E-state index in [1.807, 2.05) is 60.7 Å². The maximum Gasteiger partial charge on any atom is 0.213 e. The van der Waals surface area contributed by atoms with Crippen LogP contribution >= 0.6 is 0 Å². The lowest BCUT2D eigenvalue weighted by atomic mass is 10.3. The average molecular weight is 270 g/mol. The summed E-state index contributed by atoms with van der Waals surface area (Å²) >= 11 is 0. The van der Waals surface area contributed by atoms with E-state index in [2.05, 4.69) is 0 Å². The van der Waals surface area contributed by atoms with Crippen molar-refractivity contribution >= 4 is 24.2 Å². The molecule has 0 aliphatic heterocycles. The molecule has 0 bridgehead atoms. The summed E-state index contributed by atoms with van der Waals surface area (Å²) in [6, 6.07) is 19.0. The zero-order valence-corrected chi connectivity index (χ0v) is 11.6. The Morgan fingerprint density at radius 2 is 0.950 bits per heavy atom. The van der Waals surface area contributed by atoms with Gasteiger partial charge in [-0.25, -0.2) is 0 Å². The standard InChI is InChI=1S/2C8H9NO/c2*1-9(7-10)8-5-3-2-4-6-8/h2*2-7H,1H3. The maximum atomic E-state index is 10.2. The van der Waals surface area contributed by atoms with Gasteiger partial charge in [0.2, 0.25) is 12.8 Å². The van der Waals surface area contributed by atoms with E-state index in [1.165, 1.54) is 9.80 Å². The predicted octanol–water partition coefficient (Wildman–Crippen LogP) is 2.56. The van der Waals surface area contributed by atoms with Crippen LogP contribution in [0, 0.1) is 0 Å². The normalized spacial score (nSPS) is 8.90. The Balaban J connectivity index is 0.000000200. The van der Waals surface area contributed by atoms with Gasteiger partial charge in [0.1, 0.15) is 0 Å². The van der Waals surface area contributed by atoms with Crippen molar-refractivity contribution in [1.82, 2.24) is 0 Å². The van der Waals surface area contributed by atoms with Gasteiger partial charge < -0.3 is 9.80 Å². The van der Waals surface area contributed by atoms with E-state index in [9.17, 15) is 9.59 Å². The molecule has 0 aliphatic rings. The molecule has 0 saturated carbocycles. The number of hydrogen-bond donors (Lipinski definition) is 0. The van der Waals surface area contributed by atoms with Crippen LogP contribution in [0.15, 0.2) is 60.7 Å². The van der Waals surface area contributed by atoms with Gasteiger partial charge >= 0.3 is 0 Å². The first kappa shape index (κ1) is 15.4. The van der Waals surface area contributed by atoms with Gasteiger partial charge in [-0.1, -0.05) is 36.4 Å². The number of carbonyl (C=O) groups is 2. The number of amides is 2. The van der Waals surface area contributed by atoms with Gasteiger partial charge in [-0.2, -0.15) is 0 Å². The summed E-state index contributed by atoms with van der Waals surface area (Å²) in [5.74, 6) is 0. The first-order valence-electron chi connectivity index (χ1n) is 6.15. The Kier molecular flexibility index (Phi) is 6.54. The summed E-state index contributed by atoms with van der Waals surface area (Å²) in [5, 5.41) is 0. The summed E-state index contributed by atoms with van der Waals surface area (Å²) in [7, 11) is 3.45. The predicted molar refractivity (Wildman–Crippen MR) is 81.8 cm³/mol. The van der Waals surface area contributed by atoms with E-state index in [4.69, 9.17) is 0 Å². The molecule has 0 heterocycles. The highest BCUT2D eigenvalue weighted by Crippen LogP contribution is 2.08. The second-order valence-corrected chi connectivity index (χ2v) is 4.10. The molecule has 0 aliphatic carbocycles. The lowest BCUT2D eigenvalue weighted by molar-refractivity contribution is -0.107. The van der Waals surface area contributed by atoms with Gasteiger partial charge in [-0.15, -0.1) is 0 Å². The molecule has 0 N–H and O–H groups in total. The Labute approximate surface area is 119 Å². The first-order valence-corrected chi connectivity index (χ1v) is 6.15. The number of carbonyl (C=O) groups excluding carboxylic acids is 2. The Morgan fingerprint density at radius 1 is 0.650 bits per heavy atom. The number of benzene rings is 2. The van der Waals surface area contributed by atoms with Gasteiger partial charge in [0, 0.05) is 25.5 Å². The highest BCUT2D eigenvalue weighted by molar-refractivity contribution is 5.74. The van der Waals surface area contributed by atoms with Crippen LogP contribution < -0.4 is 9.80 Å². The number of para-hydroxylation sites is 2. The van der Waals surface area contributed by atoms with Crippen molar-refractivity contribution in [3.8, 4) is 0 Å². The van der Waals surface area contributed by atoms with Crippen LogP contribution in [0.3, 0.4) is 0 Å². The monoisotopic (exact) mass is 270 g/mol. The summed E-state index contributed by atoms with van der Waals surface area (Å²) < 4.78 is 0. The summed E-state index contributed by atoms with van der Waals surface area (Å²) in [5.41, 5.74) is 1.83.